The molecule has 0 bridgehead atoms. The van der Waals surface area contributed by atoms with E-state index >= 15 is 0 Å². The zero-order valence-electron chi connectivity index (χ0n) is 47.3. The fourth-order valence-corrected chi connectivity index (χ4v) is 8.75. The van der Waals surface area contributed by atoms with Crippen molar-refractivity contribution >= 4 is 81.2 Å². The Kier molecular flexibility index (Phi) is 35.6. The molecule has 0 unspecified atom stereocenters. The van der Waals surface area contributed by atoms with Crippen molar-refractivity contribution in [3.8, 4) is 0 Å². The van der Waals surface area contributed by atoms with Crippen molar-refractivity contribution in [3.63, 3.8) is 0 Å². The van der Waals surface area contributed by atoms with E-state index in [1.165, 1.54) is 12.1 Å². The molecule has 1 fully saturated rings. The average Bonchev–Trinajstić information content (AvgIpc) is 3.47. The normalized spacial score (nSPS) is 15.2. The van der Waals surface area contributed by atoms with E-state index in [1.54, 1.807) is 18.2 Å². The topological polar surface area (TPSA) is 320 Å². The van der Waals surface area contributed by atoms with E-state index in [4.69, 9.17) is 45.4 Å². The Bertz CT molecular complexity index is 2410. The first-order valence-corrected chi connectivity index (χ1v) is 29.5. The van der Waals surface area contributed by atoms with Crippen LogP contribution in [0.3, 0.4) is 0 Å². The molecule has 1 aliphatic rings. The van der Waals surface area contributed by atoms with Gasteiger partial charge < -0.3 is 75.1 Å². The number of aromatic carboxylic acids is 2. The highest BCUT2D eigenvalue weighted by Gasteiger charge is 2.26. The Morgan fingerprint density at radius 3 is 1.75 bits per heavy atom. The molecule has 3 amide bonds. The number of carboxylic acid groups (broad SMARTS) is 3. The molecule has 1 aromatic carbocycles. The van der Waals surface area contributed by atoms with E-state index in [1.807, 2.05) is 36.1 Å². The Hall–Kier alpha value is -5.60. The lowest BCUT2D eigenvalue weighted by atomic mass is 10.1. The number of unbranched alkanes of at least 4 members (excludes halogenated alkanes) is 2. The third kappa shape index (κ3) is 31.8. The maximum absolute atomic E-state index is 13.7. The number of ether oxygens (including phenoxy) is 7. The molecule has 4 rings (SSSR count). The molecule has 3 aromatic rings. The quantitative estimate of drug-likeness (QED) is 0.0246. The van der Waals surface area contributed by atoms with Crippen LogP contribution in [-0.4, -0.2) is 220 Å². The minimum Gasteiger partial charge on any atom is -0.480 e. The molecule has 0 aliphatic carbocycles. The molecule has 25 nitrogen and oxygen atoms in total. The minimum absolute atomic E-state index is 0.0177. The van der Waals surface area contributed by atoms with Crippen LogP contribution in [0, 0.1) is 3.57 Å². The molecular weight excluding hydrogens is 1210 g/mol. The standard InChI is InChI=1S/C56H82IN9O16S/c1-2-76-28-29-82-35-30-77-23-16-50(67)63-46(52(69)64-48(54(72)73)10-4-5-17-58-51(68)36-41-12-14-42(57)15-13-41)9-3-6-18-59-56(83)62-44-37-45(61-49(38-44)55(74)75)40-66-21-26-80-33-31-78-24-19-65(20-25-79-32-34-81-27-22-66)39-43-8-7-11-47(60-43)53(70)71/h7-8,11-15,37-38,46,48H,2-6,9-10,16-36,39-40H2,1H3,(H,58,68)(H,63,67)(H,64,69)(H,70,71)(H,72,73)(H,74,75)(H2,59,61,62,83)/t46-,48-/m0/s1. The number of anilines is 1. The SMILES string of the molecule is CCOCCOCCOCCC(=O)N[C@@H](CCCCNC(=S)Nc1cc(CN2CCOCCOCCN(Cc3cccc(C(=O)O)n3)CCOCCOCC2)nc(C(=O)O)c1)C(=O)N[C@@H](CCCCNC(=O)Cc1ccc(I)cc1)C(=O)O. The number of pyridine rings is 2. The van der Waals surface area contributed by atoms with E-state index in [-0.39, 0.29) is 67.8 Å². The van der Waals surface area contributed by atoms with Gasteiger partial charge in [0.2, 0.25) is 17.7 Å². The van der Waals surface area contributed by atoms with Gasteiger partial charge in [0.15, 0.2) is 10.8 Å². The van der Waals surface area contributed by atoms with E-state index in [0.29, 0.717) is 168 Å². The summed E-state index contributed by atoms with van der Waals surface area (Å²) in [7, 11) is 0. The van der Waals surface area contributed by atoms with Gasteiger partial charge in [-0.05, 0) is 122 Å². The molecule has 8 N–H and O–H groups in total. The van der Waals surface area contributed by atoms with Gasteiger partial charge in [-0.15, -0.1) is 0 Å². The highest BCUT2D eigenvalue weighted by Crippen LogP contribution is 2.15. The van der Waals surface area contributed by atoms with Crippen molar-refractivity contribution in [2.75, 3.05) is 137 Å². The van der Waals surface area contributed by atoms with E-state index in [9.17, 15) is 44.1 Å². The number of carbonyl (C=O) groups is 6. The first kappa shape index (κ1) is 69.9. The van der Waals surface area contributed by atoms with Crippen LogP contribution in [0.15, 0.2) is 54.6 Å². The number of carboxylic acids is 3. The highest BCUT2D eigenvalue weighted by atomic mass is 127. The van der Waals surface area contributed by atoms with Gasteiger partial charge in [-0.2, -0.15) is 0 Å². The van der Waals surface area contributed by atoms with Crippen LogP contribution in [0.2, 0.25) is 0 Å². The zero-order chi connectivity index (χ0) is 59.9. The summed E-state index contributed by atoms with van der Waals surface area (Å²) in [4.78, 5) is 88.0. The van der Waals surface area contributed by atoms with Crippen LogP contribution in [0.4, 0.5) is 5.69 Å². The van der Waals surface area contributed by atoms with Gasteiger partial charge in [0.05, 0.1) is 104 Å². The maximum Gasteiger partial charge on any atom is 0.354 e. The van der Waals surface area contributed by atoms with Crippen LogP contribution in [0.25, 0.3) is 0 Å². The van der Waals surface area contributed by atoms with E-state index < -0.39 is 41.8 Å². The summed E-state index contributed by atoms with van der Waals surface area (Å²) >= 11 is 7.78. The van der Waals surface area contributed by atoms with Crippen molar-refractivity contribution in [1.82, 2.24) is 41.0 Å². The third-order valence-electron chi connectivity index (χ3n) is 12.5. The third-order valence-corrected chi connectivity index (χ3v) is 13.5. The molecule has 3 heterocycles. The van der Waals surface area contributed by atoms with Crippen molar-refractivity contribution in [1.29, 1.82) is 0 Å². The number of benzene rings is 1. The lowest BCUT2D eigenvalue weighted by Gasteiger charge is -2.23. The number of hydrogen-bond donors (Lipinski definition) is 8. The number of thiocarbonyl (C=S) groups is 1. The predicted octanol–water partition coefficient (Wildman–Crippen LogP) is 3.36. The molecule has 27 heteroatoms. The molecule has 460 valence electrons. The summed E-state index contributed by atoms with van der Waals surface area (Å²) in [5.41, 5.74) is 2.15. The van der Waals surface area contributed by atoms with Crippen molar-refractivity contribution < 1.29 is 77.2 Å². The van der Waals surface area contributed by atoms with Gasteiger partial charge in [0, 0.05) is 74.6 Å². The van der Waals surface area contributed by atoms with E-state index in [0.717, 1.165) is 9.13 Å². The number of carbonyl (C=O) groups excluding carboxylic acids is 3. The summed E-state index contributed by atoms with van der Waals surface area (Å²) < 4.78 is 40.8. The zero-order valence-corrected chi connectivity index (χ0v) is 50.3. The highest BCUT2D eigenvalue weighted by molar-refractivity contribution is 14.1. The largest absolute Gasteiger partial charge is 0.480 e. The summed E-state index contributed by atoms with van der Waals surface area (Å²) in [6, 6.07) is 13.3. The fourth-order valence-electron chi connectivity index (χ4n) is 8.17. The van der Waals surface area contributed by atoms with Crippen molar-refractivity contribution in [2.24, 2.45) is 0 Å². The fraction of sp³-hybridized carbons (Fsp3) is 0.589. The molecule has 83 heavy (non-hydrogen) atoms. The first-order valence-electron chi connectivity index (χ1n) is 28.0. The van der Waals surface area contributed by atoms with Crippen LogP contribution in [-0.2, 0) is 71.8 Å². The lowest BCUT2D eigenvalue weighted by molar-refractivity contribution is -0.142. The number of amides is 3. The molecule has 2 aromatic heterocycles. The molecule has 0 radical (unpaired) electrons. The second-order valence-electron chi connectivity index (χ2n) is 19.1. The summed E-state index contributed by atoms with van der Waals surface area (Å²) in [5.74, 6) is -4.80. The smallest absolute Gasteiger partial charge is 0.354 e. The summed E-state index contributed by atoms with van der Waals surface area (Å²) in [6.07, 6.45) is 2.23. The number of nitrogens with one attached hydrogen (secondary N) is 5. The Morgan fingerprint density at radius 2 is 1.17 bits per heavy atom. The second-order valence-corrected chi connectivity index (χ2v) is 20.7. The molecule has 0 spiro atoms. The summed E-state index contributed by atoms with van der Waals surface area (Å²) in [6.45, 7) is 10.3. The van der Waals surface area contributed by atoms with E-state index in [2.05, 4.69) is 64.0 Å². The minimum atomic E-state index is -1.23. The number of aromatic nitrogens is 2. The predicted molar refractivity (Wildman–Crippen MR) is 318 cm³/mol. The number of halogens is 1. The van der Waals surface area contributed by atoms with Crippen LogP contribution < -0.4 is 26.6 Å². The van der Waals surface area contributed by atoms with Crippen molar-refractivity contribution in [2.45, 2.75) is 83.5 Å². The van der Waals surface area contributed by atoms with Crippen molar-refractivity contribution in [3.05, 3.63) is 86.5 Å². The number of hydrogen-bond acceptors (Lipinski definition) is 18. The summed E-state index contributed by atoms with van der Waals surface area (Å²) in [5, 5.41) is 44.0. The molecule has 1 aliphatic heterocycles. The monoisotopic (exact) mass is 1300 g/mol. The number of aliphatic carboxylic acids is 1. The molecule has 2 atom stereocenters. The van der Waals surface area contributed by atoms with Crippen LogP contribution in [0.5, 0.6) is 0 Å². The maximum atomic E-state index is 13.7. The molecular formula is C56H82IN9O16S. The van der Waals surface area contributed by atoms with Crippen LogP contribution >= 0.6 is 34.8 Å². The van der Waals surface area contributed by atoms with Gasteiger partial charge in [-0.1, -0.05) is 18.2 Å². The molecule has 0 saturated carbocycles. The lowest BCUT2D eigenvalue weighted by Crippen LogP contribution is -2.51. The Balaban J connectivity index is 1.26. The second kappa shape index (κ2) is 42.2. The Labute approximate surface area is 504 Å². The van der Waals surface area contributed by atoms with Gasteiger partial charge >= 0.3 is 17.9 Å². The van der Waals surface area contributed by atoms with Gasteiger partial charge in [0.25, 0.3) is 0 Å². The van der Waals surface area contributed by atoms with Gasteiger partial charge in [-0.3, -0.25) is 24.2 Å². The number of nitrogens with zero attached hydrogens (tertiary/aromatic N) is 4. The number of rotatable bonds is 33. The molecule has 1 saturated heterocycles. The Morgan fingerprint density at radius 1 is 0.627 bits per heavy atom. The first-order chi connectivity index (χ1) is 40.2. The van der Waals surface area contributed by atoms with Crippen LogP contribution in [0.1, 0.15) is 89.8 Å². The van der Waals surface area contributed by atoms with Gasteiger partial charge in [-0.25, -0.2) is 24.4 Å². The average molecular weight is 1300 g/mol. The van der Waals surface area contributed by atoms with Gasteiger partial charge in [0.1, 0.15) is 17.8 Å².